The summed E-state index contributed by atoms with van der Waals surface area (Å²) in [6, 6.07) is 9.51. The fourth-order valence-electron chi connectivity index (χ4n) is 1.14. The number of halogens is 1. The molecule has 0 aromatic heterocycles. The molecule has 0 N–H and O–H groups in total. The molecule has 1 aromatic carbocycles. The summed E-state index contributed by atoms with van der Waals surface area (Å²) >= 11 is 5.39. The average Bonchev–Trinajstić information content (AvgIpc) is 2.21. The van der Waals surface area contributed by atoms with Gasteiger partial charge in [0.1, 0.15) is 0 Å². The van der Waals surface area contributed by atoms with Crippen molar-refractivity contribution in [3.63, 3.8) is 0 Å². The molecule has 1 aromatic rings. The van der Waals surface area contributed by atoms with Crippen LogP contribution >= 0.6 is 11.6 Å². The number of alkyl halides is 1. The predicted octanol–water partition coefficient (Wildman–Crippen LogP) is 2.10. The Balaban J connectivity index is 2.65. The fourth-order valence-corrected chi connectivity index (χ4v) is 1.24. The summed E-state index contributed by atoms with van der Waals surface area (Å²) in [4.78, 5) is 11.0. The molecule has 3 heteroatoms. The van der Waals surface area contributed by atoms with Crippen LogP contribution in [0.2, 0.25) is 0 Å². The van der Waals surface area contributed by atoms with Gasteiger partial charge in [-0.15, -0.1) is 11.6 Å². The van der Waals surface area contributed by atoms with E-state index in [1.807, 2.05) is 24.3 Å². The van der Waals surface area contributed by atoms with E-state index in [1.54, 1.807) is 0 Å². The van der Waals surface area contributed by atoms with Crippen LogP contribution in [-0.4, -0.2) is 11.7 Å². The van der Waals surface area contributed by atoms with Crippen molar-refractivity contribution in [2.24, 2.45) is 0 Å². The van der Waals surface area contributed by atoms with E-state index in [9.17, 15) is 4.79 Å². The van der Waals surface area contributed by atoms with Crippen LogP contribution in [0.1, 0.15) is 11.1 Å². The molecular weight excluding hydrogens is 198 g/mol. The van der Waals surface area contributed by atoms with Gasteiger partial charge >= 0.3 is 0 Å². The van der Waals surface area contributed by atoms with E-state index >= 15 is 0 Å². The zero-order chi connectivity index (χ0) is 10.4. The minimum absolute atomic E-state index is 0.0136. The normalized spacial score (nSPS) is 9.43. The summed E-state index contributed by atoms with van der Waals surface area (Å²) in [5, 5.41) is 8.45. The van der Waals surface area contributed by atoms with Crippen LogP contribution in [0.5, 0.6) is 0 Å². The Bertz CT molecular complexity index is 351. The molecule has 0 atom stereocenters. The third-order valence-electron chi connectivity index (χ3n) is 1.86. The standard InChI is InChI=1S/C11H10ClNO/c12-8-11(14)7-10-3-1-9(2-4-10)5-6-13/h1-4H,5,7-8H2. The second kappa shape index (κ2) is 5.41. The number of carbonyl (C=O) groups excluding carboxylic acids is 1. The number of ketones is 1. The van der Waals surface area contributed by atoms with E-state index in [0.717, 1.165) is 11.1 Å². The molecule has 14 heavy (non-hydrogen) atoms. The van der Waals surface area contributed by atoms with Gasteiger partial charge in [0.15, 0.2) is 5.78 Å². The van der Waals surface area contributed by atoms with Crippen molar-refractivity contribution < 1.29 is 4.79 Å². The molecule has 0 heterocycles. The summed E-state index contributed by atoms with van der Waals surface area (Å²) in [6.45, 7) is 0. The Labute approximate surface area is 88.1 Å². The molecule has 0 unspecified atom stereocenters. The van der Waals surface area contributed by atoms with Crippen LogP contribution in [-0.2, 0) is 17.6 Å². The highest BCUT2D eigenvalue weighted by molar-refractivity contribution is 6.27. The molecule has 0 saturated carbocycles. The Morgan fingerprint density at radius 3 is 2.36 bits per heavy atom. The largest absolute Gasteiger partial charge is 0.298 e. The molecule has 0 amide bonds. The zero-order valence-corrected chi connectivity index (χ0v) is 8.42. The molecule has 0 bridgehead atoms. The second-order valence-corrected chi connectivity index (χ2v) is 3.27. The Hall–Kier alpha value is -1.33. The lowest BCUT2D eigenvalue weighted by atomic mass is 10.1. The van der Waals surface area contributed by atoms with E-state index < -0.39 is 0 Å². The number of hydrogen-bond donors (Lipinski definition) is 0. The van der Waals surface area contributed by atoms with Crippen molar-refractivity contribution >= 4 is 17.4 Å². The van der Waals surface area contributed by atoms with E-state index in [0.29, 0.717) is 12.8 Å². The quantitative estimate of drug-likeness (QED) is 0.710. The third-order valence-corrected chi connectivity index (χ3v) is 2.15. The Kier molecular flexibility index (Phi) is 4.15. The van der Waals surface area contributed by atoms with Gasteiger partial charge in [0, 0.05) is 6.42 Å². The first-order valence-electron chi connectivity index (χ1n) is 4.28. The summed E-state index contributed by atoms with van der Waals surface area (Å²) in [7, 11) is 0. The SMILES string of the molecule is N#CCc1ccc(CC(=O)CCl)cc1. The van der Waals surface area contributed by atoms with Gasteiger partial charge in [-0.25, -0.2) is 0 Å². The van der Waals surface area contributed by atoms with Crippen molar-refractivity contribution in [3.05, 3.63) is 35.4 Å². The van der Waals surface area contributed by atoms with Crippen molar-refractivity contribution in [2.75, 3.05) is 5.88 Å². The molecular formula is C11H10ClNO. The van der Waals surface area contributed by atoms with Crippen molar-refractivity contribution in [3.8, 4) is 6.07 Å². The highest BCUT2D eigenvalue weighted by Gasteiger charge is 2.01. The first kappa shape index (κ1) is 10.7. The van der Waals surface area contributed by atoms with Gasteiger partial charge in [-0.05, 0) is 11.1 Å². The first-order chi connectivity index (χ1) is 6.76. The van der Waals surface area contributed by atoms with E-state index in [1.165, 1.54) is 0 Å². The summed E-state index contributed by atoms with van der Waals surface area (Å²) in [6.07, 6.45) is 0.778. The van der Waals surface area contributed by atoms with Gasteiger partial charge in [0.05, 0.1) is 18.4 Å². The Morgan fingerprint density at radius 1 is 1.29 bits per heavy atom. The molecule has 0 aliphatic heterocycles. The van der Waals surface area contributed by atoms with Crippen LogP contribution in [0.15, 0.2) is 24.3 Å². The maximum absolute atomic E-state index is 11.0. The molecule has 72 valence electrons. The van der Waals surface area contributed by atoms with E-state index in [4.69, 9.17) is 16.9 Å². The van der Waals surface area contributed by atoms with E-state index in [2.05, 4.69) is 6.07 Å². The van der Waals surface area contributed by atoms with Gasteiger partial charge in [-0.1, -0.05) is 24.3 Å². The highest BCUT2D eigenvalue weighted by Crippen LogP contribution is 2.06. The summed E-state index contributed by atoms with van der Waals surface area (Å²) in [5.74, 6) is 0.0691. The molecule has 0 aliphatic rings. The molecule has 2 nitrogen and oxygen atoms in total. The van der Waals surface area contributed by atoms with Gasteiger partial charge in [0.2, 0.25) is 0 Å². The van der Waals surface area contributed by atoms with Crippen LogP contribution in [0.3, 0.4) is 0 Å². The predicted molar refractivity (Wildman–Crippen MR) is 55.2 cm³/mol. The number of carbonyl (C=O) groups is 1. The zero-order valence-electron chi connectivity index (χ0n) is 7.66. The minimum atomic E-state index is 0.0136. The van der Waals surface area contributed by atoms with Gasteiger partial charge in [-0.2, -0.15) is 5.26 Å². The van der Waals surface area contributed by atoms with Crippen LogP contribution in [0.25, 0.3) is 0 Å². The molecule has 0 saturated heterocycles. The molecule has 0 aliphatic carbocycles. The molecule has 0 spiro atoms. The number of rotatable bonds is 4. The van der Waals surface area contributed by atoms with Gasteiger partial charge < -0.3 is 0 Å². The van der Waals surface area contributed by atoms with Crippen molar-refractivity contribution in [1.29, 1.82) is 5.26 Å². The lowest BCUT2D eigenvalue weighted by Gasteiger charge is -1.99. The van der Waals surface area contributed by atoms with Crippen LogP contribution in [0, 0.1) is 11.3 Å². The molecule has 1 rings (SSSR count). The number of benzene rings is 1. The monoisotopic (exact) mass is 207 g/mol. The van der Waals surface area contributed by atoms with Gasteiger partial charge in [0.25, 0.3) is 0 Å². The maximum Gasteiger partial charge on any atom is 0.151 e. The lowest BCUT2D eigenvalue weighted by molar-refractivity contribution is -0.116. The summed E-state index contributed by atoms with van der Waals surface area (Å²) in [5.41, 5.74) is 1.91. The van der Waals surface area contributed by atoms with Crippen molar-refractivity contribution in [1.82, 2.24) is 0 Å². The van der Waals surface area contributed by atoms with Gasteiger partial charge in [-0.3, -0.25) is 4.79 Å². The number of nitrogens with zero attached hydrogens (tertiary/aromatic N) is 1. The molecule has 0 radical (unpaired) electrons. The Morgan fingerprint density at radius 2 is 1.86 bits per heavy atom. The lowest BCUT2D eigenvalue weighted by Crippen LogP contribution is -2.03. The van der Waals surface area contributed by atoms with Crippen molar-refractivity contribution in [2.45, 2.75) is 12.8 Å². The topological polar surface area (TPSA) is 40.9 Å². The number of Topliss-reactive ketones (excluding diaryl/α,β-unsaturated/α-hetero) is 1. The molecule has 0 fully saturated rings. The van der Waals surface area contributed by atoms with E-state index in [-0.39, 0.29) is 11.7 Å². The first-order valence-corrected chi connectivity index (χ1v) is 4.82. The fraction of sp³-hybridized carbons (Fsp3) is 0.273. The number of hydrogen-bond acceptors (Lipinski definition) is 2. The maximum atomic E-state index is 11.0. The van der Waals surface area contributed by atoms with Crippen LogP contribution < -0.4 is 0 Å². The smallest absolute Gasteiger partial charge is 0.151 e. The van der Waals surface area contributed by atoms with Crippen LogP contribution in [0.4, 0.5) is 0 Å². The highest BCUT2D eigenvalue weighted by atomic mass is 35.5. The average molecular weight is 208 g/mol. The summed E-state index contributed by atoms with van der Waals surface area (Å²) < 4.78 is 0. The third kappa shape index (κ3) is 3.20. The minimum Gasteiger partial charge on any atom is -0.298 e. The second-order valence-electron chi connectivity index (χ2n) is 3.00. The number of nitriles is 1.